The summed E-state index contributed by atoms with van der Waals surface area (Å²) < 4.78 is 18.6. The van der Waals surface area contributed by atoms with Gasteiger partial charge in [0.2, 0.25) is 0 Å². The molecule has 2 heterocycles. The lowest BCUT2D eigenvalue weighted by atomic mass is 9.91. The maximum atomic E-state index is 13.3. The summed E-state index contributed by atoms with van der Waals surface area (Å²) in [4.78, 5) is 36.6. The second kappa shape index (κ2) is 11.5. The van der Waals surface area contributed by atoms with Crippen LogP contribution in [0.1, 0.15) is 24.5 Å². The fourth-order valence-corrected chi connectivity index (χ4v) is 3.43. The van der Waals surface area contributed by atoms with Crippen LogP contribution in [0.5, 0.6) is 0 Å². The number of hydrogen-bond donors (Lipinski definition) is 2. The Kier molecular flexibility index (Phi) is 8.47. The summed E-state index contributed by atoms with van der Waals surface area (Å²) in [5.41, 5.74) is 1.39. The predicted molar refractivity (Wildman–Crippen MR) is 105 cm³/mol. The molecule has 168 valence electrons. The summed E-state index contributed by atoms with van der Waals surface area (Å²) in [6, 6.07) is 4.52. The molecule has 3 rings (SSSR count). The van der Waals surface area contributed by atoms with E-state index in [9.17, 15) is 14.0 Å². The summed E-state index contributed by atoms with van der Waals surface area (Å²) in [6.07, 6.45) is 3.39. The van der Waals surface area contributed by atoms with Gasteiger partial charge in [-0.15, -0.1) is 0 Å². The number of halogens is 1. The van der Waals surface area contributed by atoms with E-state index in [0.29, 0.717) is 24.1 Å². The molecule has 1 aliphatic heterocycles. The van der Waals surface area contributed by atoms with Gasteiger partial charge in [-0.25, -0.2) is 14.0 Å². The van der Waals surface area contributed by atoms with Crippen molar-refractivity contribution in [3.05, 3.63) is 41.9 Å². The maximum Gasteiger partial charge on any atom is 0.366 e. The van der Waals surface area contributed by atoms with E-state index in [4.69, 9.17) is 14.7 Å². The van der Waals surface area contributed by atoms with Crippen LogP contribution in [0.2, 0.25) is 0 Å². The average Bonchev–Trinajstić information content (AvgIpc) is 3.20. The summed E-state index contributed by atoms with van der Waals surface area (Å²) in [7, 11) is 0. The third kappa shape index (κ3) is 6.82. The quantitative estimate of drug-likeness (QED) is 0.246. The number of carbonyl (C=O) groups excluding carboxylic acids is 2. The van der Waals surface area contributed by atoms with Gasteiger partial charge in [-0.3, -0.25) is 9.78 Å². The molecule has 31 heavy (non-hydrogen) atoms. The summed E-state index contributed by atoms with van der Waals surface area (Å²) in [5.74, 6) is -2.01. The van der Waals surface area contributed by atoms with Crippen LogP contribution >= 0.6 is 0 Å². The van der Waals surface area contributed by atoms with Gasteiger partial charge in [0, 0.05) is 49.2 Å². The first-order valence-electron chi connectivity index (χ1n) is 9.91. The van der Waals surface area contributed by atoms with Crippen LogP contribution in [0, 0.1) is 5.82 Å². The van der Waals surface area contributed by atoms with E-state index in [2.05, 4.69) is 25.1 Å². The van der Waals surface area contributed by atoms with Crippen molar-refractivity contribution < 1.29 is 38.4 Å². The van der Waals surface area contributed by atoms with E-state index >= 15 is 0 Å². The summed E-state index contributed by atoms with van der Waals surface area (Å²) in [6.45, 7) is 4.09. The van der Waals surface area contributed by atoms with Gasteiger partial charge < -0.3 is 14.7 Å². The minimum Gasteiger partial charge on any atom is -0.356 e. The second-order valence-corrected chi connectivity index (χ2v) is 7.04. The Morgan fingerprint density at radius 1 is 1.26 bits per heavy atom. The molecule has 0 saturated carbocycles. The van der Waals surface area contributed by atoms with Crippen molar-refractivity contribution in [3.63, 3.8) is 0 Å². The van der Waals surface area contributed by atoms with Gasteiger partial charge in [-0.05, 0) is 38.1 Å². The number of likely N-dealkylation sites (tertiary alicyclic amines) is 1. The Bertz CT molecular complexity index is 909. The van der Waals surface area contributed by atoms with Crippen molar-refractivity contribution in [3.8, 4) is 0 Å². The Balaban J connectivity index is 1.27. The number of nitrogens with one attached hydrogen (secondary N) is 1. The Labute approximate surface area is 177 Å². The summed E-state index contributed by atoms with van der Waals surface area (Å²) in [5, 5.41) is 16.3. The van der Waals surface area contributed by atoms with Gasteiger partial charge in [0.25, 0.3) is 0 Å². The smallest absolute Gasteiger partial charge is 0.356 e. The minimum atomic E-state index is -1.09. The Hall–Kier alpha value is -2.86. The number of aromatic nitrogens is 1. The van der Waals surface area contributed by atoms with Crippen LogP contribution in [0.15, 0.2) is 34.9 Å². The zero-order chi connectivity index (χ0) is 22.1. The standard InChI is InChI=1S/C20H24FN3O7/c21-15-1-2-16-17(13-15)29-23-20(16)14-5-9-24(10-6-14)11-7-22-8-12-28-31-19(26)4-3-18(25)30-27/h1-4,13-14,22,27H,5-12H2. The number of carbonyl (C=O) groups is 2. The van der Waals surface area contributed by atoms with Gasteiger partial charge in [0.15, 0.2) is 5.58 Å². The molecule has 0 radical (unpaired) electrons. The monoisotopic (exact) mass is 437 g/mol. The highest BCUT2D eigenvalue weighted by Gasteiger charge is 2.24. The van der Waals surface area contributed by atoms with Crippen LogP contribution < -0.4 is 5.32 Å². The largest absolute Gasteiger partial charge is 0.366 e. The normalized spacial score (nSPS) is 15.5. The van der Waals surface area contributed by atoms with Crippen molar-refractivity contribution in [2.75, 3.05) is 39.3 Å². The van der Waals surface area contributed by atoms with Gasteiger partial charge in [0.05, 0.1) is 5.69 Å². The molecule has 1 aromatic carbocycles. The first-order valence-corrected chi connectivity index (χ1v) is 9.91. The van der Waals surface area contributed by atoms with Crippen LogP contribution in [0.3, 0.4) is 0 Å². The molecule has 0 atom stereocenters. The lowest BCUT2D eigenvalue weighted by Crippen LogP contribution is -2.38. The Morgan fingerprint density at radius 2 is 2.03 bits per heavy atom. The lowest BCUT2D eigenvalue weighted by molar-refractivity contribution is -0.266. The number of benzene rings is 1. The molecule has 2 N–H and O–H groups in total. The second-order valence-electron chi connectivity index (χ2n) is 7.04. The van der Waals surface area contributed by atoms with Crippen molar-refractivity contribution in [2.45, 2.75) is 18.8 Å². The highest BCUT2D eigenvalue weighted by Crippen LogP contribution is 2.32. The lowest BCUT2D eigenvalue weighted by Gasteiger charge is -2.31. The highest BCUT2D eigenvalue weighted by atomic mass is 19.1. The van der Waals surface area contributed by atoms with Gasteiger partial charge in [-0.2, -0.15) is 10.1 Å². The van der Waals surface area contributed by atoms with Crippen molar-refractivity contribution in [2.24, 2.45) is 0 Å². The number of piperidine rings is 1. The Morgan fingerprint density at radius 3 is 2.81 bits per heavy atom. The molecule has 1 aliphatic rings. The van der Waals surface area contributed by atoms with E-state index in [0.717, 1.165) is 56.2 Å². The topological polar surface area (TPSA) is 123 Å². The molecule has 1 aromatic heterocycles. The van der Waals surface area contributed by atoms with E-state index in [1.807, 2.05) is 0 Å². The fourth-order valence-electron chi connectivity index (χ4n) is 3.43. The molecule has 1 saturated heterocycles. The molecule has 0 unspecified atom stereocenters. The fraction of sp³-hybridized carbons (Fsp3) is 0.450. The molecule has 10 nitrogen and oxygen atoms in total. The molecule has 0 amide bonds. The third-order valence-corrected chi connectivity index (χ3v) is 4.99. The van der Waals surface area contributed by atoms with Crippen LogP contribution in [-0.2, 0) is 24.3 Å². The molecule has 1 fully saturated rings. The number of nitrogens with zero attached hydrogens (tertiary/aromatic N) is 2. The molecule has 11 heteroatoms. The first kappa shape index (κ1) is 22.8. The molecule has 2 aromatic rings. The van der Waals surface area contributed by atoms with Crippen LogP contribution in [0.25, 0.3) is 11.0 Å². The van der Waals surface area contributed by atoms with Gasteiger partial charge >= 0.3 is 11.9 Å². The third-order valence-electron chi connectivity index (χ3n) is 4.99. The van der Waals surface area contributed by atoms with E-state index in [-0.39, 0.29) is 12.4 Å². The molecular formula is C20H24FN3O7. The average molecular weight is 437 g/mol. The SMILES string of the molecule is O=C(C=CC(=O)OOCCNCCN1CCC(c2noc3cc(F)ccc23)CC1)OO. The minimum absolute atomic E-state index is 0.145. The van der Waals surface area contributed by atoms with E-state index in [1.54, 1.807) is 6.07 Å². The zero-order valence-electron chi connectivity index (χ0n) is 16.8. The van der Waals surface area contributed by atoms with E-state index < -0.39 is 11.9 Å². The van der Waals surface area contributed by atoms with Crippen molar-refractivity contribution in [1.82, 2.24) is 15.4 Å². The van der Waals surface area contributed by atoms with Crippen LogP contribution in [0.4, 0.5) is 4.39 Å². The number of rotatable bonds is 10. The zero-order valence-corrected chi connectivity index (χ0v) is 16.8. The molecular weight excluding hydrogens is 413 g/mol. The highest BCUT2D eigenvalue weighted by molar-refractivity contribution is 5.91. The van der Waals surface area contributed by atoms with Gasteiger partial charge in [0.1, 0.15) is 12.4 Å². The first-order chi connectivity index (χ1) is 15.1. The number of hydrogen-bond acceptors (Lipinski definition) is 10. The van der Waals surface area contributed by atoms with E-state index in [1.165, 1.54) is 12.1 Å². The molecule has 0 bridgehead atoms. The number of fused-ring (bicyclic) bond motifs is 1. The maximum absolute atomic E-state index is 13.3. The van der Waals surface area contributed by atoms with Crippen molar-refractivity contribution >= 4 is 22.9 Å². The summed E-state index contributed by atoms with van der Waals surface area (Å²) >= 11 is 0. The van der Waals surface area contributed by atoms with Crippen molar-refractivity contribution in [1.29, 1.82) is 0 Å². The molecule has 0 aliphatic carbocycles. The predicted octanol–water partition coefficient (Wildman–Crippen LogP) is 1.78. The van der Waals surface area contributed by atoms with Gasteiger partial charge in [-0.1, -0.05) is 5.16 Å². The molecule has 0 spiro atoms. The van der Waals surface area contributed by atoms with Crippen LogP contribution in [-0.4, -0.2) is 66.6 Å².